The van der Waals surface area contributed by atoms with E-state index in [-0.39, 0.29) is 0 Å². The molecule has 3 unspecified atom stereocenters. The van der Waals surface area contributed by atoms with Crippen LogP contribution in [0, 0.1) is 22.7 Å². The van der Waals surface area contributed by atoms with E-state index >= 15 is 0 Å². The molecule has 1 nitrogen and oxygen atoms in total. The Morgan fingerprint density at radius 1 is 0.778 bits per heavy atom. The highest BCUT2D eigenvalue weighted by atomic mass is 14.6. The molecule has 0 radical (unpaired) electrons. The summed E-state index contributed by atoms with van der Waals surface area (Å²) in [6.45, 7) is 18.6. The van der Waals surface area contributed by atoms with Gasteiger partial charge in [0.25, 0.3) is 0 Å². The van der Waals surface area contributed by atoms with Gasteiger partial charge in [-0.15, -0.1) is 0 Å². The maximum atomic E-state index is 6.34. The largest absolute Gasteiger partial charge is 0.327 e. The first-order chi connectivity index (χ1) is 7.91. The van der Waals surface area contributed by atoms with Gasteiger partial charge in [0, 0.05) is 6.04 Å². The van der Waals surface area contributed by atoms with Gasteiger partial charge in [-0.3, -0.25) is 0 Å². The first kappa shape index (κ1) is 18.0. The second-order valence-electron chi connectivity index (χ2n) is 8.85. The van der Waals surface area contributed by atoms with Crippen molar-refractivity contribution in [3.05, 3.63) is 0 Å². The highest BCUT2D eigenvalue weighted by molar-refractivity contribution is 4.76. The molecule has 18 heavy (non-hydrogen) atoms. The molecule has 0 saturated carbocycles. The third-order valence-corrected chi connectivity index (χ3v) is 3.62. The van der Waals surface area contributed by atoms with Crippen LogP contribution in [-0.2, 0) is 0 Å². The quantitative estimate of drug-likeness (QED) is 0.690. The van der Waals surface area contributed by atoms with E-state index in [1.54, 1.807) is 0 Å². The lowest BCUT2D eigenvalue weighted by atomic mass is 9.79. The molecule has 3 atom stereocenters. The first-order valence-electron chi connectivity index (χ1n) is 7.66. The van der Waals surface area contributed by atoms with E-state index in [1.807, 2.05) is 0 Å². The maximum absolute atomic E-state index is 6.34. The summed E-state index contributed by atoms with van der Waals surface area (Å²) < 4.78 is 0. The first-order valence-corrected chi connectivity index (χ1v) is 7.66. The molecule has 0 saturated heterocycles. The topological polar surface area (TPSA) is 26.0 Å². The van der Waals surface area contributed by atoms with Crippen LogP contribution in [0.15, 0.2) is 0 Å². The van der Waals surface area contributed by atoms with Gasteiger partial charge >= 0.3 is 0 Å². The Balaban J connectivity index is 3.99. The van der Waals surface area contributed by atoms with Crippen molar-refractivity contribution in [3.8, 4) is 0 Å². The van der Waals surface area contributed by atoms with E-state index in [4.69, 9.17) is 5.73 Å². The summed E-state index contributed by atoms with van der Waals surface area (Å²) in [7, 11) is 0. The second kappa shape index (κ2) is 6.93. The SMILES string of the molecule is CC(CCC(N)C(C)CC(C)(C)C)CC(C)(C)C. The standard InChI is InChI=1S/C17H37N/c1-13(11-16(3,4)5)9-10-15(18)14(2)12-17(6,7)8/h13-15H,9-12,18H2,1-8H3. The van der Waals surface area contributed by atoms with Gasteiger partial charge in [0.2, 0.25) is 0 Å². The van der Waals surface area contributed by atoms with Gasteiger partial charge in [-0.2, -0.15) is 0 Å². The molecule has 0 rings (SSSR count). The Kier molecular flexibility index (Phi) is 6.92. The summed E-state index contributed by atoms with van der Waals surface area (Å²) in [6.07, 6.45) is 4.97. The number of hydrogen-bond donors (Lipinski definition) is 1. The van der Waals surface area contributed by atoms with Crippen LogP contribution in [0.4, 0.5) is 0 Å². The Morgan fingerprint density at radius 2 is 1.22 bits per heavy atom. The van der Waals surface area contributed by atoms with Crippen molar-refractivity contribution in [2.45, 2.75) is 87.1 Å². The fourth-order valence-corrected chi connectivity index (χ4v) is 3.03. The zero-order valence-electron chi connectivity index (χ0n) is 14.1. The van der Waals surface area contributed by atoms with Crippen LogP contribution in [-0.4, -0.2) is 6.04 Å². The molecule has 0 aliphatic heterocycles. The lowest BCUT2D eigenvalue weighted by Crippen LogP contribution is -2.31. The Hall–Kier alpha value is -0.0400. The minimum absolute atomic E-state index is 0.367. The number of rotatable bonds is 6. The van der Waals surface area contributed by atoms with Gasteiger partial charge in [0.1, 0.15) is 0 Å². The zero-order valence-corrected chi connectivity index (χ0v) is 14.1. The predicted molar refractivity (Wildman–Crippen MR) is 83.7 cm³/mol. The molecular formula is C17H37N. The van der Waals surface area contributed by atoms with E-state index < -0.39 is 0 Å². The van der Waals surface area contributed by atoms with Crippen molar-refractivity contribution in [3.63, 3.8) is 0 Å². The van der Waals surface area contributed by atoms with Crippen LogP contribution >= 0.6 is 0 Å². The molecule has 0 aromatic carbocycles. The number of hydrogen-bond acceptors (Lipinski definition) is 1. The second-order valence-corrected chi connectivity index (χ2v) is 8.85. The van der Waals surface area contributed by atoms with Crippen molar-refractivity contribution in [1.82, 2.24) is 0 Å². The molecule has 0 aliphatic carbocycles. The van der Waals surface area contributed by atoms with Gasteiger partial charge in [-0.1, -0.05) is 55.4 Å². The zero-order chi connectivity index (χ0) is 14.6. The third kappa shape index (κ3) is 9.94. The molecular weight excluding hydrogens is 218 g/mol. The van der Waals surface area contributed by atoms with Crippen molar-refractivity contribution >= 4 is 0 Å². The molecule has 2 N–H and O–H groups in total. The van der Waals surface area contributed by atoms with E-state index in [9.17, 15) is 0 Å². The summed E-state index contributed by atoms with van der Waals surface area (Å²) in [6, 6.07) is 0.367. The molecule has 0 spiro atoms. The molecule has 0 heterocycles. The lowest BCUT2D eigenvalue weighted by molar-refractivity contribution is 0.249. The Labute approximate surface area is 116 Å². The summed E-state index contributed by atoms with van der Waals surface area (Å²) in [5.41, 5.74) is 7.18. The van der Waals surface area contributed by atoms with Gasteiger partial charge in [-0.05, 0) is 48.3 Å². The maximum Gasteiger partial charge on any atom is 0.00648 e. The fraction of sp³-hybridized carbons (Fsp3) is 1.00. The third-order valence-electron chi connectivity index (χ3n) is 3.62. The molecule has 110 valence electrons. The summed E-state index contributed by atoms with van der Waals surface area (Å²) in [5.74, 6) is 1.42. The molecule has 0 aromatic rings. The van der Waals surface area contributed by atoms with Crippen LogP contribution in [0.25, 0.3) is 0 Å². The fourth-order valence-electron chi connectivity index (χ4n) is 3.03. The van der Waals surface area contributed by atoms with Crippen molar-refractivity contribution < 1.29 is 0 Å². The van der Waals surface area contributed by atoms with E-state index in [1.165, 1.54) is 25.7 Å². The monoisotopic (exact) mass is 255 g/mol. The predicted octanol–water partition coefficient (Wildman–Crippen LogP) is 5.24. The summed E-state index contributed by atoms with van der Waals surface area (Å²) in [4.78, 5) is 0. The van der Waals surface area contributed by atoms with Crippen LogP contribution < -0.4 is 5.73 Å². The van der Waals surface area contributed by atoms with Crippen molar-refractivity contribution in [2.75, 3.05) is 0 Å². The van der Waals surface area contributed by atoms with Crippen LogP contribution in [0.5, 0.6) is 0 Å². The molecule has 0 bridgehead atoms. The van der Waals surface area contributed by atoms with E-state index in [2.05, 4.69) is 55.4 Å². The highest BCUT2D eigenvalue weighted by Crippen LogP contribution is 2.30. The minimum atomic E-state index is 0.367. The average molecular weight is 255 g/mol. The summed E-state index contributed by atoms with van der Waals surface area (Å²) in [5, 5.41) is 0. The minimum Gasteiger partial charge on any atom is -0.327 e. The summed E-state index contributed by atoms with van der Waals surface area (Å²) >= 11 is 0. The lowest BCUT2D eigenvalue weighted by Gasteiger charge is -2.29. The Morgan fingerprint density at radius 3 is 1.61 bits per heavy atom. The van der Waals surface area contributed by atoms with E-state index in [0.29, 0.717) is 22.8 Å². The van der Waals surface area contributed by atoms with Crippen LogP contribution in [0.3, 0.4) is 0 Å². The smallest absolute Gasteiger partial charge is 0.00648 e. The molecule has 1 heteroatoms. The molecule has 0 aromatic heterocycles. The van der Waals surface area contributed by atoms with Gasteiger partial charge in [0.05, 0.1) is 0 Å². The number of nitrogens with two attached hydrogens (primary N) is 1. The van der Waals surface area contributed by atoms with Crippen LogP contribution in [0.2, 0.25) is 0 Å². The normalized spacial score (nSPS) is 18.5. The average Bonchev–Trinajstić information content (AvgIpc) is 2.08. The Bertz CT molecular complexity index is 219. The highest BCUT2D eigenvalue weighted by Gasteiger charge is 2.21. The van der Waals surface area contributed by atoms with Crippen molar-refractivity contribution in [1.29, 1.82) is 0 Å². The van der Waals surface area contributed by atoms with Gasteiger partial charge in [-0.25, -0.2) is 0 Å². The van der Waals surface area contributed by atoms with Gasteiger partial charge < -0.3 is 5.73 Å². The molecule has 0 amide bonds. The molecule has 0 fully saturated rings. The van der Waals surface area contributed by atoms with Gasteiger partial charge in [0.15, 0.2) is 0 Å². The van der Waals surface area contributed by atoms with E-state index in [0.717, 1.165) is 5.92 Å². The van der Waals surface area contributed by atoms with Crippen LogP contribution in [0.1, 0.15) is 81.1 Å². The molecule has 0 aliphatic rings. The van der Waals surface area contributed by atoms with Crippen molar-refractivity contribution in [2.24, 2.45) is 28.4 Å².